The van der Waals surface area contributed by atoms with Gasteiger partial charge >= 0.3 is 5.97 Å². The van der Waals surface area contributed by atoms with Crippen molar-refractivity contribution in [2.75, 3.05) is 33.2 Å². The summed E-state index contributed by atoms with van der Waals surface area (Å²) in [5.41, 5.74) is 0.711. The molecule has 9 nitrogen and oxygen atoms in total. The maximum Gasteiger partial charge on any atom is 0.343 e. The molecule has 0 fully saturated rings. The first-order chi connectivity index (χ1) is 13.3. The summed E-state index contributed by atoms with van der Waals surface area (Å²) in [6, 6.07) is 11.9. The maximum atomic E-state index is 12.4. The Morgan fingerprint density at radius 2 is 1.75 bits per heavy atom. The number of carbonyl (C=O) groups excluding carboxylic acids is 2. The fourth-order valence-corrected chi connectivity index (χ4v) is 3.07. The SMILES string of the molecule is COC(=O)COc1cccc(NC(=O)c2ccc(S(=O)(=O)N(C)OC)cc2)c1. The summed E-state index contributed by atoms with van der Waals surface area (Å²) in [6.07, 6.45) is 0. The van der Waals surface area contributed by atoms with Crippen molar-refractivity contribution in [1.29, 1.82) is 0 Å². The highest BCUT2D eigenvalue weighted by molar-refractivity contribution is 7.89. The molecule has 28 heavy (non-hydrogen) atoms. The van der Waals surface area contributed by atoms with Crippen LogP contribution in [0.1, 0.15) is 10.4 Å². The van der Waals surface area contributed by atoms with E-state index in [0.29, 0.717) is 11.4 Å². The van der Waals surface area contributed by atoms with Crippen LogP contribution in [0.5, 0.6) is 5.75 Å². The van der Waals surface area contributed by atoms with Crippen LogP contribution in [0.3, 0.4) is 0 Å². The Bertz CT molecular complexity index is 943. The zero-order chi connectivity index (χ0) is 20.7. The molecule has 0 spiro atoms. The molecular formula is C18H20N2O7S. The van der Waals surface area contributed by atoms with Crippen LogP contribution >= 0.6 is 0 Å². The lowest BCUT2D eigenvalue weighted by atomic mass is 10.2. The Hall–Kier alpha value is -2.95. The number of hydrogen-bond acceptors (Lipinski definition) is 7. The number of esters is 1. The fraction of sp³-hybridized carbons (Fsp3) is 0.222. The zero-order valence-corrected chi connectivity index (χ0v) is 16.4. The number of rotatable bonds is 8. The van der Waals surface area contributed by atoms with E-state index in [1.807, 2.05) is 0 Å². The van der Waals surface area contributed by atoms with Crippen molar-refractivity contribution < 1.29 is 32.3 Å². The third-order valence-electron chi connectivity index (χ3n) is 3.69. The number of hydroxylamine groups is 1. The molecule has 0 atom stereocenters. The van der Waals surface area contributed by atoms with E-state index in [0.717, 1.165) is 4.47 Å². The number of amides is 1. The van der Waals surface area contributed by atoms with Gasteiger partial charge in [0.25, 0.3) is 15.9 Å². The van der Waals surface area contributed by atoms with Gasteiger partial charge in [-0.05, 0) is 36.4 Å². The molecule has 2 rings (SSSR count). The minimum Gasteiger partial charge on any atom is -0.482 e. The lowest BCUT2D eigenvalue weighted by molar-refractivity contribution is -0.142. The number of methoxy groups -OCH3 is 1. The number of ether oxygens (including phenoxy) is 2. The highest BCUT2D eigenvalue weighted by atomic mass is 32.2. The van der Waals surface area contributed by atoms with Gasteiger partial charge in [0.05, 0.1) is 19.1 Å². The fourth-order valence-electron chi connectivity index (χ4n) is 2.09. The molecule has 0 bridgehead atoms. The lowest BCUT2D eigenvalue weighted by Gasteiger charge is -2.14. The molecule has 0 aromatic heterocycles. The number of carbonyl (C=O) groups is 2. The first-order valence-electron chi connectivity index (χ1n) is 8.02. The molecule has 10 heteroatoms. The second kappa shape index (κ2) is 9.31. The maximum absolute atomic E-state index is 12.4. The molecule has 0 heterocycles. The normalized spacial score (nSPS) is 11.1. The monoisotopic (exact) mass is 408 g/mol. The van der Waals surface area contributed by atoms with E-state index in [-0.39, 0.29) is 17.1 Å². The standard InChI is InChI=1S/C18H20N2O7S/c1-20(26-3)28(23,24)16-9-7-13(8-10-16)18(22)19-14-5-4-6-15(11-14)27-12-17(21)25-2/h4-11H,12H2,1-3H3,(H,19,22). The minimum atomic E-state index is -3.79. The van der Waals surface area contributed by atoms with Crippen LogP contribution in [0.15, 0.2) is 53.4 Å². The van der Waals surface area contributed by atoms with Crippen molar-refractivity contribution in [3.63, 3.8) is 0 Å². The van der Waals surface area contributed by atoms with E-state index >= 15 is 0 Å². The van der Waals surface area contributed by atoms with Crippen LogP contribution in [-0.2, 0) is 24.4 Å². The molecule has 2 aromatic rings. The predicted molar refractivity (Wildman–Crippen MR) is 100 cm³/mol. The van der Waals surface area contributed by atoms with Gasteiger partial charge in [-0.2, -0.15) is 0 Å². The van der Waals surface area contributed by atoms with E-state index in [1.165, 1.54) is 45.5 Å². The minimum absolute atomic E-state index is 0.00777. The average molecular weight is 408 g/mol. The summed E-state index contributed by atoms with van der Waals surface area (Å²) in [5.74, 6) is -0.579. The summed E-state index contributed by atoms with van der Waals surface area (Å²) < 4.78 is 34.8. The smallest absolute Gasteiger partial charge is 0.343 e. The molecule has 2 aromatic carbocycles. The van der Waals surface area contributed by atoms with E-state index < -0.39 is 21.9 Å². The third kappa shape index (κ3) is 5.28. The summed E-state index contributed by atoms with van der Waals surface area (Å²) in [7, 11) is -0.0229. The van der Waals surface area contributed by atoms with Crippen LogP contribution in [-0.4, -0.2) is 52.6 Å². The quantitative estimate of drug-likeness (QED) is 0.522. The van der Waals surface area contributed by atoms with E-state index in [2.05, 4.69) is 10.1 Å². The van der Waals surface area contributed by atoms with Crippen LogP contribution < -0.4 is 10.1 Å². The van der Waals surface area contributed by atoms with Gasteiger partial charge in [-0.1, -0.05) is 10.5 Å². The Balaban J connectivity index is 2.08. The number of hydrogen-bond donors (Lipinski definition) is 1. The molecule has 0 unspecified atom stereocenters. The third-order valence-corrected chi connectivity index (χ3v) is 5.38. The van der Waals surface area contributed by atoms with Crippen molar-refractivity contribution in [3.8, 4) is 5.75 Å². The zero-order valence-electron chi connectivity index (χ0n) is 15.5. The Morgan fingerprint density at radius 3 is 2.36 bits per heavy atom. The first-order valence-corrected chi connectivity index (χ1v) is 9.46. The van der Waals surface area contributed by atoms with Gasteiger partial charge in [0, 0.05) is 24.4 Å². The van der Waals surface area contributed by atoms with Crippen molar-refractivity contribution >= 4 is 27.6 Å². The molecule has 150 valence electrons. The topological polar surface area (TPSA) is 111 Å². The van der Waals surface area contributed by atoms with Crippen LogP contribution in [0.25, 0.3) is 0 Å². The predicted octanol–water partition coefficient (Wildman–Crippen LogP) is 1.67. The number of anilines is 1. The van der Waals surface area contributed by atoms with Gasteiger partial charge in [-0.25, -0.2) is 13.2 Å². The van der Waals surface area contributed by atoms with E-state index in [9.17, 15) is 18.0 Å². The summed E-state index contributed by atoms with van der Waals surface area (Å²) in [4.78, 5) is 28.2. The van der Waals surface area contributed by atoms with Crippen molar-refractivity contribution in [2.45, 2.75) is 4.90 Å². The molecule has 0 radical (unpaired) electrons. The molecule has 1 N–H and O–H groups in total. The largest absolute Gasteiger partial charge is 0.482 e. The second-order valence-corrected chi connectivity index (χ2v) is 7.40. The van der Waals surface area contributed by atoms with Gasteiger partial charge < -0.3 is 14.8 Å². The van der Waals surface area contributed by atoms with Crippen molar-refractivity contribution in [2.24, 2.45) is 0 Å². The molecule has 0 aliphatic carbocycles. The highest BCUT2D eigenvalue weighted by Gasteiger charge is 2.21. The van der Waals surface area contributed by atoms with Crippen LogP contribution in [0.2, 0.25) is 0 Å². The molecule has 0 saturated heterocycles. The van der Waals surface area contributed by atoms with Gasteiger partial charge in [-0.3, -0.25) is 9.63 Å². The van der Waals surface area contributed by atoms with Crippen molar-refractivity contribution in [1.82, 2.24) is 4.47 Å². The van der Waals surface area contributed by atoms with Gasteiger partial charge in [0.2, 0.25) is 0 Å². The second-order valence-electron chi connectivity index (χ2n) is 5.47. The molecule has 0 saturated carbocycles. The van der Waals surface area contributed by atoms with E-state index in [1.54, 1.807) is 24.3 Å². The number of benzene rings is 2. The molecule has 0 aliphatic heterocycles. The molecular weight excluding hydrogens is 388 g/mol. The van der Waals surface area contributed by atoms with Crippen LogP contribution in [0, 0.1) is 0 Å². The average Bonchev–Trinajstić information content (AvgIpc) is 2.71. The van der Waals surface area contributed by atoms with Gasteiger partial charge in [0.15, 0.2) is 6.61 Å². The first kappa shape index (κ1) is 21.4. The molecule has 0 aliphatic rings. The Kier molecular flexibility index (Phi) is 7.10. The van der Waals surface area contributed by atoms with Crippen molar-refractivity contribution in [3.05, 3.63) is 54.1 Å². The molecule has 1 amide bonds. The highest BCUT2D eigenvalue weighted by Crippen LogP contribution is 2.19. The van der Waals surface area contributed by atoms with Gasteiger partial charge in [0.1, 0.15) is 5.75 Å². The summed E-state index contributed by atoms with van der Waals surface area (Å²) in [6.45, 7) is -0.250. The lowest BCUT2D eigenvalue weighted by Crippen LogP contribution is -2.25. The van der Waals surface area contributed by atoms with E-state index in [4.69, 9.17) is 9.57 Å². The number of nitrogens with one attached hydrogen (secondary N) is 1. The number of sulfonamides is 1. The number of nitrogens with zero attached hydrogens (tertiary/aromatic N) is 1. The Labute approximate surface area is 162 Å². The summed E-state index contributed by atoms with van der Waals surface area (Å²) >= 11 is 0. The Morgan fingerprint density at radius 1 is 1.07 bits per heavy atom. The summed E-state index contributed by atoms with van der Waals surface area (Å²) in [5, 5.41) is 2.67. The van der Waals surface area contributed by atoms with Crippen LogP contribution in [0.4, 0.5) is 5.69 Å². The van der Waals surface area contributed by atoms with Gasteiger partial charge in [-0.15, -0.1) is 0 Å².